The smallest absolute Gasteiger partial charge is 0.251 e. The van der Waals surface area contributed by atoms with Gasteiger partial charge < -0.3 is 5.11 Å². The first-order valence-corrected chi connectivity index (χ1v) is 8.46. The van der Waals surface area contributed by atoms with Crippen LogP contribution < -0.4 is 4.83 Å². The Balaban J connectivity index is 2.04. The van der Waals surface area contributed by atoms with Gasteiger partial charge in [0.25, 0.3) is 10.0 Å². The molecular formula is C14H13BrN2O3S. The van der Waals surface area contributed by atoms with Crippen LogP contribution in [-0.2, 0) is 15.8 Å². The number of nitrogens with zero attached hydrogens (tertiary/aromatic N) is 1. The van der Waals surface area contributed by atoms with Gasteiger partial charge in [0, 0.05) is 10.0 Å². The van der Waals surface area contributed by atoms with Crippen molar-refractivity contribution in [2.45, 2.75) is 5.75 Å². The summed E-state index contributed by atoms with van der Waals surface area (Å²) in [5, 5.41) is 13.3. The van der Waals surface area contributed by atoms with Crippen molar-refractivity contribution in [2.24, 2.45) is 5.10 Å². The van der Waals surface area contributed by atoms with Crippen molar-refractivity contribution in [3.63, 3.8) is 0 Å². The Bertz CT molecular complexity index is 746. The maximum absolute atomic E-state index is 11.8. The minimum atomic E-state index is -3.57. The molecule has 21 heavy (non-hydrogen) atoms. The van der Waals surface area contributed by atoms with Crippen LogP contribution in [0.2, 0.25) is 0 Å². The minimum absolute atomic E-state index is 0.0178. The van der Waals surface area contributed by atoms with Gasteiger partial charge in [0.05, 0.1) is 12.0 Å². The molecule has 0 fully saturated rings. The summed E-state index contributed by atoms with van der Waals surface area (Å²) in [5.41, 5.74) is 1.08. The van der Waals surface area contributed by atoms with Gasteiger partial charge in [-0.2, -0.15) is 5.10 Å². The van der Waals surface area contributed by atoms with Crippen LogP contribution in [0.4, 0.5) is 0 Å². The van der Waals surface area contributed by atoms with Crippen molar-refractivity contribution in [3.8, 4) is 5.75 Å². The molecule has 0 unspecified atom stereocenters. The van der Waals surface area contributed by atoms with E-state index in [0.29, 0.717) is 11.1 Å². The average molecular weight is 369 g/mol. The predicted octanol–water partition coefficient (Wildman–Crippen LogP) is 2.61. The summed E-state index contributed by atoms with van der Waals surface area (Å²) in [6.07, 6.45) is 1.25. The Morgan fingerprint density at radius 3 is 2.62 bits per heavy atom. The standard InChI is InChI=1S/C14H13BrN2O3S/c15-13-6-7-14(18)12(8-13)9-16-17-21(19,20)10-11-4-2-1-3-5-11/h1-9,17-18H,10H2/b16-9+. The number of hydrogen-bond acceptors (Lipinski definition) is 4. The summed E-state index contributed by atoms with van der Waals surface area (Å²) >= 11 is 3.26. The number of rotatable bonds is 5. The van der Waals surface area contributed by atoms with E-state index in [1.165, 1.54) is 12.3 Å². The van der Waals surface area contributed by atoms with Crippen LogP contribution in [0.5, 0.6) is 5.75 Å². The summed E-state index contributed by atoms with van der Waals surface area (Å²) < 4.78 is 24.4. The Kier molecular flexibility index (Phi) is 4.98. The van der Waals surface area contributed by atoms with Crippen LogP contribution in [0.3, 0.4) is 0 Å². The van der Waals surface area contributed by atoms with E-state index in [2.05, 4.69) is 25.9 Å². The molecule has 0 aliphatic rings. The van der Waals surface area contributed by atoms with Gasteiger partial charge in [-0.3, -0.25) is 0 Å². The monoisotopic (exact) mass is 368 g/mol. The van der Waals surface area contributed by atoms with E-state index < -0.39 is 10.0 Å². The molecule has 0 radical (unpaired) electrons. The third kappa shape index (κ3) is 4.87. The van der Waals surface area contributed by atoms with Crippen molar-refractivity contribution in [3.05, 3.63) is 64.1 Å². The second-order valence-corrected chi connectivity index (χ2v) is 6.91. The van der Waals surface area contributed by atoms with E-state index in [-0.39, 0.29) is 11.5 Å². The number of halogens is 1. The molecule has 0 bridgehead atoms. The Morgan fingerprint density at radius 1 is 1.19 bits per heavy atom. The van der Waals surface area contributed by atoms with Crippen molar-refractivity contribution in [1.82, 2.24) is 4.83 Å². The van der Waals surface area contributed by atoms with Gasteiger partial charge >= 0.3 is 0 Å². The Labute approximate surface area is 131 Å². The average Bonchev–Trinajstić information content (AvgIpc) is 2.43. The molecule has 0 aromatic heterocycles. The third-order valence-corrected chi connectivity index (χ3v) is 4.17. The molecule has 2 N–H and O–H groups in total. The largest absolute Gasteiger partial charge is 0.507 e. The van der Waals surface area contributed by atoms with Crippen LogP contribution in [0.1, 0.15) is 11.1 Å². The lowest BCUT2D eigenvalue weighted by Gasteiger charge is -2.03. The quantitative estimate of drug-likeness (QED) is 0.628. The fourth-order valence-corrected chi connectivity index (χ4v) is 2.92. The summed E-state index contributed by atoms with van der Waals surface area (Å²) in [5.74, 6) is -0.139. The van der Waals surface area contributed by atoms with Crippen LogP contribution in [0.15, 0.2) is 58.1 Å². The number of nitrogens with one attached hydrogen (secondary N) is 1. The highest BCUT2D eigenvalue weighted by Gasteiger charge is 2.09. The summed E-state index contributed by atoms with van der Waals surface area (Å²) in [4.78, 5) is 2.12. The third-order valence-electron chi connectivity index (χ3n) is 2.58. The molecule has 2 rings (SSSR count). The van der Waals surface area contributed by atoms with Crippen molar-refractivity contribution in [2.75, 3.05) is 0 Å². The molecule has 0 spiro atoms. The fraction of sp³-hybridized carbons (Fsp3) is 0.0714. The minimum Gasteiger partial charge on any atom is -0.507 e. The lowest BCUT2D eigenvalue weighted by atomic mass is 10.2. The van der Waals surface area contributed by atoms with Gasteiger partial charge in [0.2, 0.25) is 0 Å². The number of benzene rings is 2. The normalized spacial score (nSPS) is 11.7. The number of aromatic hydroxyl groups is 1. The highest BCUT2D eigenvalue weighted by Crippen LogP contribution is 2.19. The molecule has 0 aliphatic heterocycles. The van der Waals surface area contributed by atoms with E-state index in [0.717, 1.165) is 4.47 Å². The van der Waals surface area contributed by atoms with Gasteiger partial charge in [0.1, 0.15) is 5.75 Å². The topological polar surface area (TPSA) is 78.8 Å². The number of hydrazone groups is 1. The van der Waals surface area contributed by atoms with Gasteiger partial charge in [-0.05, 0) is 23.8 Å². The first-order chi connectivity index (χ1) is 9.96. The zero-order chi connectivity index (χ0) is 15.3. The lowest BCUT2D eigenvalue weighted by molar-refractivity contribution is 0.474. The summed E-state index contributed by atoms with van der Waals surface area (Å²) in [6.45, 7) is 0. The molecule has 0 heterocycles. The molecule has 7 heteroatoms. The lowest BCUT2D eigenvalue weighted by Crippen LogP contribution is -2.20. The molecule has 110 valence electrons. The summed E-state index contributed by atoms with van der Waals surface area (Å²) in [6, 6.07) is 13.6. The molecule has 2 aromatic carbocycles. The van der Waals surface area contributed by atoms with Gasteiger partial charge in [-0.25, -0.2) is 13.2 Å². The van der Waals surface area contributed by atoms with Crippen LogP contribution in [-0.4, -0.2) is 19.7 Å². The first-order valence-electron chi connectivity index (χ1n) is 6.01. The van der Waals surface area contributed by atoms with Gasteiger partial charge in [-0.1, -0.05) is 46.3 Å². The number of phenols is 1. The molecule has 0 aliphatic carbocycles. The Morgan fingerprint density at radius 2 is 1.90 bits per heavy atom. The number of phenolic OH excluding ortho intramolecular Hbond substituents is 1. The molecule has 2 aromatic rings. The van der Waals surface area contributed by atoms with E-state index in [4.69, 9.17) is 0 Å². The summed E-state index contributed by atoms with van der Waals surface area (Å²) in [7, 11) is -3.57. The number of hydrogen-bond donors (Lipinski definition) is 2. The highest BCUT2D eigenvalue weighted by atomic mass is 79.9. The second-order valence-electron chi connectivity index (χ2n) is 4.30. The van der Waals surface area contributed by atoms with Crippen molar-refractivity contribution >= 4 is 32.2 Å². The zero-order valence-electron chi connectivity index (χ0n) is 10.9. The van der Waals surface area contributed by atoms with Crippen molar-refractivity contribution < 1.29 is 13.5 Å². The van der Waals surface area contributed by atoms with Crippen LogP contribution in [0.25, 0.3) is 0 Å². The van der Waals surface area contributed by atoms with Gasteiger partial charge in [0.15, 0.2) is 0 Å². The maximum Gasteiger partial charge on any atom is 0.251 e. The molecular weight excluding hydrogens is 356 g/mol. The van der Waals surface area contributed by atoms with Crippen LogP contribution >= 0.6 is 15.9 Å². The predicted molar refractivity (Wildman–Crippen MR) is 85.6 cm³/mol. The molecule has 0 atom stereocenters. The zero-order valence-corrected chi connectivity index (χ0v) is 13.3. The van der Waals surface area contributed by atoms with Gasteiger partial charge in [-0.15, -0.1) is 0 Å². The van der Waals surface area contributed by atoms with E-state index in [1.807, 2.05) is 6.07 Å². The maximum atomic E-state index is 11.8. The highest BCUT2D eigenvalue weighted by molar-refractivity contribution is 9.10. The molecule has 0 saturated carbocycles. The molecule has 0 amide bonds. The first kappa shape index (κ1) is 15.5. The fourth-order valence-electron chi connectivity index (χ4n) is 1.63. The van der Waals surface area contributed by atoms with Crippen molar-refractivity contribution in [1.29, 1.82) is 0 Å². The molecule has 5 nitrogen and oxygen atoms in total. The van der Waals surface area contributed by atoms with Crippen LogP contribution in [0, 0.1) is 0 Å². The second kappa shape index (κ2) is 6.73. The number of sulfonamides is 1. The van der Waals surface area contributed by atoms with E-state index in [9.17, 15) is 13.5 Å². The van der Waals surface area contributed by atoms with E-state index in [1.54, 1.807) is 36.4 Å². The Hall–Kier alpha value is -1.86. The molecule has 0 saturated heterocycles. The SMILES string of the molecule is O=S(=O)(Cc1ccccc1)N/N=C/c1cc(Br)ccc1O. The van der Waals surface area contributed by atoms with E-state index >= 15 is 0 Å².